The van der Waals surface area contributed by atoms with Crippen LogP contribution in [0.15, 0.2) is 55.0 Å². The molecule has 0 fully saturated rings. The summed E-state index contributed by atoms with van der Waals surface area (Å²) in [6, 6.07) is 13.6. The highest BCUT2D eigenvalue weighted by Crippen LogP contribution is 2.20. The van der Waals surface area contributed by atoms with Crippen LogP contribution in [0, 0.1) is 11.3 Å². The van der Waals surface area contributed by atoms with Crippen LogP contribution >= 0.6 is 0 Å². The highest BCUT2D eigenvalue weighted by molar-refractivity contribution is 5.60. The van der Waals surface area contributed by atoms with Crippen molar-refractivity contribution in [3.8, 4) is 17.3 Å². The molecule has 0 aliphatic rings. The molecular weight excluding hydrogens is 288 g/mol. The van der Waals surface area contributed by atoms with Crippen molar-refractivity contribution in [2.45, 2.75) is 19.4 Å². The molecular formula is C17H16N6. The molecule has 3 aromatic rings. The molecule has 2 heterocycles. The first-order chi connectivity index (χ1) is 11.3. The Bertz CT molecular complexity index is 818. The molecule has 0 radical (unpaired) electrons. The quantitative estimate of drug-likeness (QED) is 0.779. The summed E-state index contributed by atoms with van der Waals surface area (Å²) in [5.41, 5.74) is 2.55. The van der Waals surface area contributed by atoms with Gasteiger partial charge in [0.2, 0.25) is 5.95 Å². The average molecular weight is 304 g/mol. The second kappa shape index (κ2) is 6.71. The maximum atomic E-state index is 9.12. The van der Waals surface area contributed by atoms with Gasteiger partial charge < -0.3 is 5.32 Å². The highest BCUT2D eigenvalue weighted by Gasteiger charge is 2.11. The molecule has 0 saturated heterocycles. The number of benzene rings is 1. The van der Waals surface area contributed by atoms with Crippen molar-refractivity contribution in [3.05, 3.63) is 55.0 Å². The molecule has 0 aliphatic heterocycles. The Morgan fingerprint density at radius 1 is 1.26 bits per heavy atom. The number of anilines is 2. The largest absolute Gasteiger partial charge is 0.324 e. The fraction of sp³-hybridized carbons (Fsp3) is 0.176. The van der Waals surface area contributed by atoms with Crippen molar-refractivity contribution in [2.24, 2.45) is 0 Å². The van der Waals surface area contributed by atoms with E-state index in [1.807, 2.05) is 49.5 Å². The van der Waals surface area contributed by atoms with E-state index in [1.165, 1.54) is 0 Å². The molecule has 0 amide bonds. The first-order valence-electron chi connectivity index (χ1n) is 7.39. The van der Waals surface area contributed by atoms with Crippen molar-refractivity contribution in [1.29, 1.82) is 5.26 Å². The van der Waals surface area contributed by atoms with E-state index in [0.29, 0.717) is 12.4 Å². The van der Waals surface area contributed by atoms with E-state index < -0.39 is 0 Å². The van der Waals surface area contributed by atoms with Gasteiger partial charge in [0.05, 0.1) is 18.0 Å². The van der Waals surface area contributed by atoms with Crippen LogP contribution in [0.25, 0.3) is 11.3 Å². The van der Waals surface area contributed by atoms with Crippen LogP contribution in [0.1, 0.15) is 19.4 Å². The van der Waals surface area contributed by atoms with Crippen LogP contribution in [0.2, 0.25) is 0 Å². The molecule has 0 bridgehead atoms. The number of hydrogen-bond donors (Lipinski definition) is 1. The molecule has 0 spiro atoms. The Balaban J connectivity index is 1.84. The van der Waals surface area contributed by atoms with Gasteiger partial charge in [-0.15, -0.1) is 0 Å². The van der Waals surface area contributed by atoms with Crippen LogP contribution in [0.4, 0.5) is 11.6 Å². The van der Waals surface area contributed by atoms with Crippen molar-refractivity contribution in [2.75, 3.05) is 5.32 Å². The Kier molecular flexibility index (Phi) is 4.29. The minimum absolute atomic E-state index is 0.257. The van der Waals surface area contributed by atoms with Gasteiger partial charge in [-0.2, -0.15) is 10.4 Å². The molecule has 6 heteroatoms. The minimum Gasteiger partial charge on any atom is -0.324 e. The molecule has 1 aromatic carbocycles. The molecule has 6 nitrogen and oxygen atoms in total. The first kappa shape index (κ1) is 14.7. The maximum Gasteiger partial charge on any atom is 0.227 e. The fourth-order valence-corrected chi connectivity index (χ4v) is 2.21. The Hall–Kier alpha value is -3.20. The lowest BCUT2D eigenvalue weighted by atomic mass is 10.2. The third-order valence-corrected chi connectivity index (χ3v) is 3.44. The third kappa shape index (κ3) is 3.35. The van der Waals surface area contributed by atoms with Crippen molar-refractivity contribution >= 4 is 11.6 Å². The molecule has 0 aliphatic carbocycles. The van der Waals surface area contributed by atoms with Crippen molar-refractivity contribution in [3.63, 3.8) is 0 Å². The lowest BCUT2D eigenvalue weighted by Gasteiger charge is -2.06. The number of rotatable bonds is 5. The van der Waals surface area contributed by atoms with Gasteiger partial charge in [0.1, 0.15) is 6.04 Å². The molecule has 2 aromatic heterocycles. The molecule has 114 valence electrons. The fourth-order valence-electron chi connectivity index (χ4n) is 2.21. The summed E-state index contributed by atoms with van der Waals surface area (Å²) in [4.78, 5) is 8.74. The molecule has 1 N–H and O–H groups in total. The topological polar surface area (TPSA) is 79.4 Å². The zero-order valence-electron chi connectivity index (χ0n) is 12.7. The summed E-state index contributed by atoms with van der Waals surface area (Å²) >= 11 is 0. The van der Waals surface area contributed by atoms with Crippen LogP contribution in [0.5, 0.6) is 0 Å². The van der Waals surface area contributed by atoms with Crippen LogP contribution in [-0.4, -0.2) is 19.7 Å². The standard InChI is InChI=1S/C17H16N6/c1-2-15(10-18)23-12-13(11-20-23)16-8-9-19-17(22-16)21-14-6-4-3-5-7-14/h3-9,11-12,15H,2H2,1H3,(H,19,21,22). The van der Waals surface area contributed by atoms with Crippen LogP contribution < -0.4 is 5.32 Å². The van der Waals surface area contributed by atoms with E-state index in [-0.39, 0.29) is 6.04 Å². The van der Waals surface area contributed by atoms with E-state index >= 15 is 0 Å². The SMILES string of the molecule is CCC(C#N)n1cc(-c2ccnc(Nc3ccccc3)n2)cn1. The van der Waals surface area contributed by atoms with E-state index in [9.17, 15) is 0 Å². The number of nitriles is 1. The molecule has 1 unspecified atom stereocenters. The van der Waals surface area contributed by atoms with Gasteiger partial charge in [0, 0.05) is 23.6 Å². The highest BCUT2D eigenvalue weighted by atomic mass is 15.3. The van der Waals surface area contributed by atoms with E-state index in [0.717, 1.165) is 16.9 Å². The van der Waals surface area contributed by atoms with Crippen molar-refractivity contribution < 1.29 is 0 Å². The molecule has 23 heavy (non-hydrogen) atoms. The number of para-hydroxylation sites is 1. The Morgan fingerprint density at radius 2 is 2.09 bits per heavy atom. The predicted octanol–water partition coefficient (Wildman–Crippen LogP) is 3.56. The van der Waals surface area contributed by atoms with Gasteiger partial charge in [0.15, 0.2) is 0 Å². The third-order valence-electron chi connectivity index (χ3n) is 3.44. The van der Waals surface area contributed by atoms with Crippen LogP contribution in [0.3, 0.4) is 0 Å². The smallest absolute Gasteiger partial charge is 0.227 e. The number of hydrogen-bond acceptors (Lipinski definition) is 5. The van der Waals surface area contributed by atoms with Gasteiger partial charge in [-0.25, -0.2) is 9.97 Å². The average Bonchev–Trinajstić information content (AvgIpc) is 3.07. The normalized spacial score (nSPS) is 11.7. The van der Waals surface area contributed by atoms with Gasteiger partial charge in [0.25, 0.3) is 0 Å². The van der Waals surface area contributed by atoms with Gasteiger partial charge in [-0.1, -0.05) is 25.1 Å². The van der Waals surface area contributed by atoms with E-state index in [4.69, 9.17) is 5.26 Å². The minimum atomic E-state index is -0.257. The first-order valence-corrected chi connectivity index (χ1v) is 7.39. The van der Waals surface area contributed by atoms with Crippen LogP contribution in [-0.2, 0) is 0 Å². The summed E-state index contributed by atoms with van der Waals surface area (Å²) in [5, 5.41) is 16.5. The zero-order valence-corrected chi connectivity index (χ0v) is 12.7. The second-order valence-electron chi connectivity index (χ2n) is 5.02. The predicted molar refractivity (Wildman–Crippen MR) is 87.9 cm³/mol. The zero-order chi connectivity index (χ0) is 16.1. The molecule has 3 rings (SSSR count). The van der Waals surface area contributed by atoms with Crippen molar-refractivity contribution in [1.82, 2.24) is 19.7 Å². The van der Waals surface area contributed by atoms with Gasteiger partial charge >= 0.3 is 0 Å². The van der Waals surface area contributed by atoms with Gasteiger partial charge in [-0.05, 0) is 24.6 Å². The van der Waals surface area contributed by atoms with Gasteiger partial charge in [-0.3, -0.25) is 4.68 Å². The summed E-state index contributed by atoms with van der Waals surface area (Å²) in [5.74, 6) is 0.522. The maximum absolute atomic E-state index is 9.12. The van der Waals surface area contributed by atoms with E-state index in [1.54, 1.807) is 17.1 Å². The van der Waals surface area contributed by atoms with E-state index in [2.05, 4.69) is 26.5 Å². The Labute approximate surface area is 134 Å². The number of aromatic nitrogens is 4. The summed E-state index contributed by atoms with van der Waals surface area (Å²) in [6.45, 7) is 1.96. The Morgan fingerprint density at radius 3 is 2.83 bits per heavy atom. The summed E-state index contributed by atoms with van der Waals surface area (Å²) in [6.07, 6.45) is 5.97. The summed E-state index contributed by atoms with van der Waals surface area (Å²) < 4.78 is 1.67. The molecule has 1 atom stereocenters. The number of nitrogens with one attached hydrogen (secondary N) is 1. The monoisotopic (exact) mass is 304 g/mol. The second-order valence-corrected chi connectivity index (χ2v) is 5.02. The number of nitrogens with zero attached hydrogens (tertiary/aromatic N) is 5. The summed E-state index contributed by atoms with van der Waals surface area (Å²) in [7, 11) is 0. The lowest BCUT2D eigenvalue weighted by Crippen LogP contribution is -2.05. The molecule has 0 saturated carbocycles. The lowest BCUT2D eigenvalue weighted by molar-refractivity contribution is 0.534.